The first kappa shape index (κ1) is 13.0. The molecule has 4 heteroatoms. The molecule has 4 nitrogen and oxygen atoms in total. The van der Waals surface area contributed by atoms with Crippen LogP contribution in [-0.2, 0) is 0 Å². The van der Waals surface area contributed by atoms with Gasteiger partial charge in [0.2, 0.25) is 0 Å². The molecule has 2 unspecified atom stereocenters. The molecule has 0 aromatic heterocycles. The van der Waals surface area contributed by atoms with Crippen LogP contribution in [0.3, 0.4) is 0 Å². The van der Waals surface area contributed by atoms with Gasteiger partial charge in [0, 0.05) is 6.54 Å². The Kier molecular flexibility index (Phi) is 4.73. The van der Waals surface area contributed by atoms with Crippen molar-refractivity contribution in [1.29, 1.82) is 0 Å². The molecule has 1 aromatic rings. The van der Waals surface area contributed by atoms with Gasteiger partial charge in [-0.05, 0) is 31.2 Å². The summed E-state index contributed by atoms with van der Waals surface area (Å²) in [7, 11) is 3.31. The topological polar surface area (TPSA) is 61.7 Å². The predicted molar refractivity (Wildman–Crippen MR) is 62.6 cm³/mol. The second kappa shape index (κ2) is 5.84. The SMILES string of the molecule is CNCC(O)C(O)c1ccc(C)c(OC)c1. The first-order valence-corrected chi connectivity index (χ1v) is 5.25. The summed E-state index contributed by atoms with van der Waals surface area (Å²) < 4.78 is 5.17. The normalized spacial score (nSPS) is 14.6. The third-order valence-corrected chi connectivity index (χ3v) is 2.55. The number of hydrogen-bond acceptors (Lipinski definition) is 4. The zero-order valence-electron chi connectivity index (χ0n) is 9.90. The summed E-state index contributed by atoms with van der Waals surface area (Å²) in [6, 6.07) is 5.41. The standard InChI is InChI=1S/C12H19NO3/c1-8-4-5-9(6-11(8)16-3)12(15)10(14)7-13-2/h4-6,10,12-15H,7H2,1-3H3. The average Bonchev–Trinajstić information content (AvgIpc) is 2.29. The number of aryl methyl sites for hydroxylation is 1. The van der Waals surface area contributed by atoms with Gasteiger partial charge in [0.25, 0.3) is 0 Å². The van der Waals surface area contributed by atoms with Crippen molar-refractivity contribution in [3.05, 3.63) is 29.3 Å². The molecule has 1 aromatic carbocycles. The highest BCUT2D eigenvalue weighted by atomic mass is 16.5. The van der Waals surface area contributed by atoms with Crippen LogP contribution in [0, 0.1) is 6.92 Å². The van der Waals surface area contributed by atoms with Crippen molar-refractivity contribution in [1.82, 2.24) is 5.32 Å². The number of rotatable bonds is 5. The molecule has 16 heavy (non-hydrogen) atoms. The molecule has 0 spiro atoms. The van der Waals surface area contributed by atoms with E-state index in [4.69, 9.17) is 4.74 Å². The van der Waals surface area contributed by atoms with E-state index in [1.807, 2.05) is 13.0 Å². The third-order valence-electron chi connectivity index (χ3n) is 2.55. The molecule has 0 saturated carbocycles. The van der Waals surface area contributed by atoms with E-state index in [0.29, 0.717) is 17.9 Å². The number of nitrogens with one attached hydrogen (secondary N) is 1. The first-order chi connectivity index (χ1) is 7.60. The quantitative estimate of drug-likeness (QED) is 0.687. The molecule has 0 amide bonds. The van der Waals surface area contributed by atoms with Gasteiger partial charge in [0.05, 0.1) is 13.2 Å². The molecule has 0 radical (unpaired) electrons. The Balaban J connectivity index is 2.87. The zero-order valence-corrected chi connectivity index (χ0v) is 9.90. The largest absolute Gasteiger partial charge is 0.496 e. The first-order valence-electron chi connectivity index (χ1n) is 5.25. The lowest BCUT2D eigenvalue weighted by Gasteiger charge is -2.18. The summed E-state index contributed by atoms with van der Waals surface area (Å²) in [6.45, 7) is 2.27. The third kappa shape index (κ3) is 2.95. The van der Waals surface area contributed by atoms with Crippen molar-refractivity contribution in [3.63, 3.8) is 0 Å². The van der Waals surface area contributed by atoms with Crippen molar-refractivity contribution in [2.45, 2.75) is 19.1 Å². The fraction of sp³-hybridized carbons (Fsp3) is 0.500. The second-order valence-corrected chi connectivity index (χ2v) is 3.80. The maximum absolute atomic E-state index is 9.89. The fourth-order valence-electron chi connectivity index (χ4n) is 1.56. The smallest absolute Gasteiger partial charge is 0.122 e. The van der Waals surface area contributed by atoms with Gasteiger partial charge in [-0.15, -0.1) is 0 Å². The molecule has 90 valence electrons. The molecule has 0 aliphatic carbocycles. The number of hydrogen-bond donors (Lipinski definition) is 3. The monoisotopic (exact) mass is 225 g/mol. The Morgan fingerprint density at radius 2 is 2.06 bits per heavy atom. The fourth-order valence-corrected chi connectivity index (χ4v) is 1.56. The summed E-state index contributed by atoms with van der Waals surface area (Å²) in [5.74, 6) is 0.716. The van der Waals surface area contributed by atoms with Crippen LogP contribution in [0.25, 0.3) is 0 Å². The lowest BCUT2D eigenvalue weighted by Crippen LogP contribution is -2.29. The van der Waals surface area contributed by atoms with Crippen LogP contribution in [0.4, 0.5) is 0 Å². The summed E-state index contributed by atoms with van der Waals surface area (Å²) in [4.78, 5) is 0. The van der Waals surface area contributed by atoms with Gasteiger partial charge in [-0.3, -0.25) is 0 Å². The number of aliphatic hydroxyl groups excluding tert-OH is 2. The van der Waals surface area contributed by atoms with Gasteiger partial charge in [-0.2, -0.15) is 0 Å². The number of aliphatic hydroxyl groups is 2. The minimum absolute atomic E-state index is 0.345. The average molecular weight is 225 g/mol. The molecule has 2 atom stereocenters. The molecular formula is C12H19NO3. The maximum Gasteiger partial charge on any atom is 0.122 e. The number of benzene rings is 1. The highest BCUT2D eigenvalue weighted by molar-refractivity contribution is 5.37. The predicted octanol–water partition coefficient (Wildman–Crippen LogP) is 0.617. The summed E-state index contributed by atoms with van der Waals surface area (Å²) >= 11 is 0. The van der Waals surface area contributed by atoms with E-state index < -0.39 is 12.2 Å². The van der Waals surface area contributed by atoms with Crippen LogP contribution in [0.5, 0.6) is 5.75 Å². The highest BCUT2D eigenvalue weighted by Crippen LogP contribution is 2.24. The van der Waals surface area contributed by atoms with Crippen LogP contribution in [0.15, 0.2) is 18.2 Å². The van der Waals surface area contributed by atoms with E-state index in [2.05, 4.69) is 5.32 Å². The Morgan fingerprint density at radius 1 is 1.38 bits per heavy atom. The van der Waals surface area contributed by atoms with Crippen LogP contribution < -0.4 is 10.1 Å². The molecule has 0 heterocycles. The molecule has 1 rings (SSSR count). The minimum atomic E-state index is -0.901. The van der Waals surface area contributed by atoms with E-state index in [1.54, 1.807) is 26.3 Å². The Bertz CT molecular complexity index is 341. The van der Waals surface area contributed by atoms with Crippen LogP contribution in [-0.4, -0.2) is 37.0 Å². The van der Waals surface area contributed by atoms with E-state index >= 15 is 0 Å². The van der Waals surface area contributed by atoms with Crippen molar-refractivity contribution in [2.24, 2.45) is 0 Å². The van der Waals surface area contributed by atoms with Crippen LogP contribution >= 0.6 is 0 Å². The lowest BCUT2D eigenvalue weighted by molar-refractivity contribution is 0.0201. The van der Waals surface area contributed by atoms with Gasteiger partial charge in [0.15, 0.2) is 0 Å². The summed E-state index contributed by atoms with van der Waals surface area (Å²) in [5, 5.41) is 22.4. The van der Waals surface area contributed by atoms with Gasteiger partial charge in [-0.1, -0.05) is 12.1 Å². The highest BCUT2D eigenvalue weighted by Gasteiger charge is 2.18. The van der Waals surface area contributed by atoms with Crippen molar-refractivity contribution in [2.75, 3.05) is 20.7 Å². The van der Waals surface area contributed by atoms with E-state index in [1.165, 1.54) is 0 Å². The van der Waals surface area contributed by atoms with Gasteiger partial charge < -0.3 is 20.3 Å². The minimum Gasteiger partial charge on any atom is -0.496 e. The van der Waals surface area contributed by atoms with Crippen molar-refractivity contribution in [3.8, 4) is 5.75 Å². The van der Waals surface area contributed by atoms with Gasteiger partial charge in [0.1, 0.15) is 11.9 Å². The Hall–Kier alpha value is -1.10. The number of ether oxygens (including phenoxy) is 1. The van der Waals surface area contributed by atoms with E-state index in [0.717, 1.165) is 5.56 Å². The number of methoxy groups -OCH3 is 1. The molecule has 0 aliphatic heterocycles. The second-order valence-electron chi connectivity index (χ2n) is 3.80. The van der Waals surface area contributed by atoms with Gasteiger partial charge >= 0.3 is 0 Å². The molecule has 0 aliphatic rings. The molecule has 3 N–H and O–H groups in total. The maximum atomic E-state index is 9.89. The Labute approximate surface area is 95.9 Å². The van der Waals surface area contributed by atoms with Gasteiger partial charge in [-0.25, -0.2) is 0 Å². The van der Waals surface area contributed by atoms with E-state index in [9.17, 15) is 10.2 Å². The number of likely N-dealkylation sites (N-methyl/N-ethyl adjacent to an activating group) is 1. The molecule has 0 saturated heterocycles. The molecule has 0 fully saturated rings. The molecule has 0 bridgehead atoms. The van der Waals surface area contributed by atoms with Crippen molar-refractivity contribution < 1.29 is 14.9 Å². The van der Waals surface area contributed by atoms with E-state index in [-0.39, 0.29) is 0 Å². The summed E-state index contributed by atoms with van der Waals surface area (Å²) in [5.41, 5.74) is 1.66. The molecular weight excluding hydrogens is 206 g/mol. The lowest BCUT2D eigenvalue weighted by atomic mass is 10.0. The zero-order chi connectivity index (χ0) is 12.1. The van der Waals surface area contributed by atoms with Crippen molar-refractivity contribution >= 4 is 0 Å². The van der Waals surface area contributed by atoms with Crippen LogP contribution in [0.1, 0.15) is 17.2 Å². The summed E-state index contributed by atoms with van der Waals surface area (Å²) in [6.07, 6.45) is -1.72. The Morgan fingerprint density at radius 3 is 2.62 bits per heavy atom. The van der Waals surface area contributed by atoms with Crippen LogP contribution in [0.2, 0.25) is 0 Å².